The predicted octanol–water partition coefficient (Wildman–Crippen LogP) is 4.32. The molecule has 2 amide bonds. The number of amides is 2. The van der Waals surface area contributed by atoms with Gasteiger partial charge in [-0.15, -0.1) is 0 Å². The maximum atomic E-state index is 14.5. The Bertz CT molecular complexity index is 3100. The summed E-state index contributed by atoms with van der Waals surface area (Å²) in [5.41, 5.74) is 0.504. The lowest BCUT2D eigenvalue weighted by Gasteiger charge is -2.46. The number of nitrogens with zero attached hydrogens (tertiary/aromatic N) is 1. The Hall–Kier alpha value is -4.02. The van der Waals surface area contributed by atoms with Crippen molar-refractivity contribution < 1.29 is 111 Å². The molecule has 2 aliphatic carbocycles. The molecule has 95 heavy (non-hydrogen) atoms. The standard InChI is InChI=1S/C64H89IN4O23S3/c1-14-66-37-30-84-42(28-41(37)79-9)89-55-50(73)47(68-92-43-27-38(70)57(34(5)85-43)94-58(75)44-31(2)46(65)53(56(82-12)52(44)80-10)90-59-51(74)54(81-11)49(72)33(4)87-59)32(3)86-60(55)88-40-19-17-15-16-18-23-64(78)29-39(71)48(67-61(76)83-13)45(40)36(64)22-26-93-95-35-20-24-69(25-21-35)62(77)91-63(6,7)8/h15-16,22,32-35,37-38,40-43,47,49-51,54-55,57,59-60,66,68,70,72-74,78H,14,20-21,24-30H2,1-13H3,(H,67,76)/b16-15?,36-22+/t32-,33+,34-,37+,38+,40+,41+,42+,43+,47-,49+,50+,51-,54-,55-,57-,59+,60+,64+/m1/s1. The normalized spacial score (nSPS) is 34.1. The summed E-state index contributed by atoms with van der Waals surface area (Å²) in [4.78, 5) is 62.7. The van der Waals surface area contributed by atoms with Crippen LogP contribution >= 0.6 is 55.9 Å². The number of carbonyl (C=O) groups is 4. The fraction of sp³-hybridized carbons (Fsp3) is 0.688. The van der Waals surface area contributed by atoms with Crippen molar-refractivity contribution in [2.45, 2.75) is 214 Å². The number of thioether (sulfide) groups is 1. The highest BCUT2D eigenvalue weighted by Gasteiger charge is 2.52. The molecule has 0 aromatic heterocycles. The van der Waals surface area contributed by atoms with Crippen molar-refractivity contribution >= 4 is 79.0 Å². The lowest BCUT2D eigenvalue weighted by Crippen LogP contribution is -2.65. The maximum absolute atomic E-state index is 14.5. The fourth-order valence-electron chi connectivity index (χ4n) is 12.0. The zero-order valence-electron chi connectivity index (χ0n) is 55.4. The summed E-state index contributed by atoms with van der Waals surface area (Å²) >= 11 is 2.82. The van der Waals surface area contributed by atoms with Crippen LogP contribution in [-0.2, 0) is 57.0 Å². The Labute approximate surface area is 579 Å². The summed E-state index contributed by atoms with van der Waals surface area (Å²) in [7, 11) is 9.87. The smallest absolute Gasteiger partial charge is 0.411 e. The van der Waals surface area contributed by atoms with Gasteiger partial charge >= 0.3 is 12.2 Å². The minimum atomic E-state index is -2.12. The van der Waals surface area contributed by atoms with Gasteiger partial charge in [-0.25, -0.2) is 9.59 Å². The zero-order chi connectivity index (χ0) is 69.2. The number of allylic oxidation sites excluding steroid dienone is 3. The Morgan fingerprint density at radius 2 is 1.57 bits per heavy atom. The van der Waals surface area contributed by atoms with Crippen molar-refractivity contribution in [2.75, 3.05) is 67.5 Å². The molecule has 0 spiro atoms. The van der Waals surface area contributed by atoms with Crippen LogP contribution in [0.1, 0.15) is 96.5 Å². The number of carbonyl (C=O) groups excluding carboxylic acids is 4. The molecular weight excluding hydrogens is 1420 g/mol. The van der Waals surface area contributed by atoms with E-state index in [4.69, 9.17) is 66.4 Å². The number of ether oxygens (including phenoxy) is 13. The number of likely N-dealkylation sites (tertiary alicyclic amines) is 1. The molecule has 1 aromatic rings. The van der Waals surface area contributed by atoms with E-state index < -0.39 is 138 Å². The summed E-state index contributed by atoms with van der Waals surface area (Å²) in [5.74, 6) is 11.3. The number of piperidine rings is 1. The van der Waals surface area contributed by atoms with Crippen molar-refractivity contribution in [3.63, 3.8) is 0 Å². The van der Waals surface area contributed by atoms with Gasteiger partial charge in [0.05, 0.1) is 97.0 Å². The molecule has 0 saturated carbocycles. The first-order valence-corrected chi connectivity index (χ1v) is 35.7. The van der Waals surface area contributed by atoms with Crippen molar-refractivity contribution in [3.05, 3.63) is 49.8 Å². The molecule has 8 N–H and O–H groups in total. The number of Topliss-reactive ketones (excluding diaryl/α,β-unsaturated/α-hetero) is 1. The number of rotatable bonds is 22. The number of ketones is 1. The monoisotopic (exact) mass is 1500 g/mol. The third kappa shape index (κ3) is 18.5. The van der Waals surface area contributed by atoms with Gasteiger partial charge in [0.25, 0.3) is 0 Å². The topological polar surface area (TPSA) is 338 Å². The number of aliphatic hydroxyl groups is 5. The predicted molar refractivity (Wildman–Crippen MR) is 357 cm³/mol. The molecule has 19 atom stereocenters. The van der Waals surface area contributed by atoms with Crippen LogP contribution in [0.4, 0.5) is 9.59 Å². The number of likely N-dealkylation sites (N-methyl/N-ethyl adjacent to an activating group) is 1. The van der Waals surface area contributed by atoms with Crippen LogP contribution in [0.25, 0.3) is 0 Å². The molecule has 5 heterocycles. The van der Waals surface area contributed by atoms with Gasteiger partial charge in [0.2, 0.25) is 17.2 Å². The van der Waals surface area contributed by atoms with Crippen LogP contribution in [0.3, 0.4) is 0 Å². The molecule has 2 bridgehead atoms. The largest absolute Gasteiger partial charge is 0.492 e. The molecule has 7 aliphatic rings. The fourth-order valence-corrected chi connectivity index (χ4v) is 16.3. The average Bonchev–Trinajstić information content (AvgIpc) is 0.761. The van der Waals surface area contributed by atoms with Gasteiger partial charge in [0.15, 0.2) is 41.8 Å². The van der Waals surface area contributed by atoms with Gasteiger partial charge < -0.3 is 97.3 Å². The van der Waals surface area contributed by atoms with Crippen LogP contribution in [0.5, 0.6) is 17.2 Å². The minimum Gasteiger partial charge on any atom is -0.492 e. The lowest BCUT2D eigenvalue weighted by molar-refractivity contribution is -0.336. The van der Waals surface area contributed by atoms with E-state index in [1.165, 1.54) is 44.3 Å². The van der Waals surface area contributed by atoms with Crippen molar-refractivity contribution in [3.8, 4) is 40.9 Å². The molecular formula is C64H89IN4O23S3. The van der Waals surface area contributed by atoms with Gasteiger partial charge in [-0.2, -0.15) is 5.48 Å². The van der Waals surface area contributed by atoms with E-state index in [0.29, 0.717) is 41.6 Å². The number of halogens is 1. The molecule has 27 nitrogen and oxygen atoms in total. The van der Waals surface area contributed by atoms with E-state index in [1.54, 1.807) is 56.6 Å². The molecule has 528 valence electrons. The first-order valence-electron chi connectivity index (χ1n) is 31.3. The number of aliphatic hydroxyl groups excluding tert-OH is 4. The number of hydroxylamine groups is 1. The Morgan fingerprint density at radius 1 is 0.863 bits per heavy atom. The number of nitrogens with one attached hydrogen (secondary N) is 3. The summed E-state index contributed by atoms with van der Waals surface area (Å²) in [5, 5.41) is 63.5. The van der Waals surface area contributed by atoms with E-state index in [0.717, 1.165) is 18.9 Å². The Kier molecular flexibility index (Phi) is 27.8. The number of alkyl carbamates (subject to hydrolysis) is 1. The second-order valence-electron chi connectivity index (χ2n) is 24.6. The first kappa shape index (κ1) is 76.7. The third-order valence-electron chi connectivity index (χ3n) is 16.9. The van der Waals surface area contributed by atoms with Gasteiger partial charge in [0, 0.05) is 62.3 Å². The van der Waals surface area contributed by atoms with Gasteiger partial charge in [-0.05, 0) is 108 Å². The molecule has 31 heteroatoms. The van der Waals surface area contributed by atoms with Crippen LogP contribution in [0, 0.1) is 34.2 Å². The quantitative estimate of drug-likeness (QED) is 0.0263. The van der Waals surface area contributed by atoms with E-state index in [9.17, 15) is 44.7 Å². The maximum Gasteiger partial charge on any atom is 0.411 e. The van der Waals surface area contributed by atoms with Crippen LogP contribution < -0.4 is 30.3 Å². The second kappa shape index (κ2) is 34.4. The first-order chi connectivity index (χ1) is 45.2. The average molecular weight is 1510 g/mol. The number of methoxy groups -OCH3 is 5. The molecule has 5 fully saturated rings. The minimum absolute atomic E-state index is 0.0190. The number of hydrogen-bond donors (Lipinski definition) is 8. The lowest BCUT2D eigenvalue weighted by atomic mass is 9.75. The molecule has 0 radical (unpaired) electrons. The van der Waals surface area contributed by atoms with Crippen LogP contribution in [-0.4, -0.2) is 247 Å². The highest BCUT2D eigenvalue weighted by atomic mass is 127. The van der Waals surface area contributed by atoms with Gasteiger partial charge in [0.1, 0.15) is 42.2 Å². The van der Waals surface area contributed by atoms with E-state index in [1.807, 2.05) is 50.3 Å². The van der Waals surface area contributed by atoms with E-state index >= 15 is 0 Å². The van der Waals surface area contributed by atoms with Crippen LogP contribution in [0.15, 0.2) is 35.1 Å². The van der Waals surface area contributed by atoms with Crippen molar-refractivity contribution in [2.24, 2.45) is 0 Å². The molecule has 5 saturated heterocycles. The van der Waals surface area contributed by atoms with E-state index in [-0.39, 0.29) is 82.2 Å². The number of benzene rings is 1. The molecule has 8 rings (SSSR count). The van der Waals surface area contributed by atoms with Crippen molar-refractivity contribution in [1.82, 2.24) is 21.0 Å². The van der Waals surface area contributed by atoms with Gasteiger partial charge in [-0.1, -0.05) is 70.0 Å². The van der Waals surface area contributed by atoms with Crippen molar-refractivity contribution in [1.29, 1.82) is 0 Å². The summed E-state index contributed by atoms with van der Waals surface area (Å²) < 4.78 is 78.6. The molecule has 5 aliphatic heterocycles. The highest BCUT2D eigenvalue weighted by molar-refractivity contribution is 14.1. The zero-order valence-corrected chi connectivity index (χ0v) is 60.0. The summed E-state index contributed by atoms with van der Waals surface area (Å²) in [6, 6.07) is -1.32. The highest BCUT2D eigenvalue weighted by Crippen LogP contribution is 2.49. The van der Waals surface area contributed by atoms with Crippen LogP contribution in [0.2, 0.25) is 0 Å². The Balaban J connectivity index is 1.01. The molecule has 0 unspecified atom stereocenters. The molecule has 1 aromatic carbocycles. The SMILES string of the molecule is CCN[C@H]1CO[C@@H](O[C@H]2[C@H](O[C@H]3C#CC=CC#C[C@]4(O)CC(=O)C(NC(=O)OC)=C3/C4=C\CSSC3CCN(C(=O)OC(C)(C)C)CC3)O[C@H](C)[C@@H](NO[C@H]3C[C@H](O)[C@H](SC(=O)c4c(C)c(I)c(O[C@@H]5O[C@@H](C)[C@H](O)[C@@H](OC)[C@H]5O)c(OC)c4OC)[C@@H](C)O3)[C@@H]2O)C[C@@H]1OC. The number of hydrogen-bond acceptors (Lipinski definition) is 28. The Morgan fingerprint density at radius 3 is 2.22 bits per heavy atom. The summed E-state index contributed by atoms with van der Waals surface area (Å²) in [6.45, 7) is 15.9. The third-order valence-corrected chi connectivity index (χ3v) is 22.4. The van der Waals surface area contributed by atoms with E-state index in [2.05, 4.69) is 39.8 Å². The number of fused-ring (bicyclic) bond motifs is 2. The van der Waals surface area contributed by atoms with Gasteiger partial charge in [-0.3, -0.25) is 19.7 Å². The summed E-state index contributed by atoms with van der Waals surface area (Å²) in [6.07, 6.45) is -13.2. The second-order valence-corrected chi connectivity index (χ2v) is 29.5.